The van der Waals surface area contributed by atoms with Crippen LogP contribution < -0.4 is 10.2 Å². The first kappa shape index (κ1) is 16.4. The summed E-state index contributed by atoms with van der Waals surface area (Å²) in [4.78, 5) is 35.0. The molecule has 2 heterocycles. The Morgan fingerprint density at radius 1 is 1.27 bits per heavy atom. The van der Waals surface area contributed by atoms with Gasteiger partial charge in [0.25, 0.3) is 0 Å². The number of nitrogens with zero attached hydrogens (tertiary/aromatic N) is 1. The van der Waals surface area contributed by atoms with Crippen LogP contribution in [0.25, 0.3) is 0 Å². The van der Waals surface area contributed by atoms with Crippen LogP contribution in [0.1, 0.15) is 28.0 Å². The van der Waals surface area contributed by atoms with Crippen LogP contribution in [0.3, 0.4) is 0 Å². The second kappa shape index (κ2) is 6.89. The summed E-state index contributed by atoms with van der Waals surface area (Å²) in [5.74, 6) is -0.617. The van der Waals surface area contributed by atoms with E-state index in [2.05, 4.69) is 10.1 Å². The van der Waals surface area contributed by atoms with Gasteiger partial charge in [-0.3, -0.25) is 9.59 Å². The second-order valence-corrected chi connectivity index (χ2v) is 6.39. The van der Waals surface area contributed by atoms with Crippen molar-refractivity contribution < 1.29 is 14.3 Å². The number of carbonyl (C=O) groups is 2. The number of amides is 1. The Morgan fingerprint density at radius 3 is 2.59 bits per heavy atom. The van der Waals surface area contributed by atoms with Crippen LogP contribution in [-0.4, -0.2) is 23.6 Å². The lowest BCUT2D eigenvalue weighted by molar-refractivity contribution is -0.116. The van der Waals surface area contributed by atoms with E-state index in [1.165, 1.54) is 18.4 Å². The number of ether oxygens (including phenoxy) is 1. The average Bonchev–Trinajstić information content (AvgIpc) is 3.00. The average molecular weight is 340 g/mol. The van der Waals surface area contributed by atoms with Crippen LogP contribution in [0, 0.1) is 13.8 Å². The quantitative estimate of drug-likeness (QED) is 0.848. The summed E-state index contributed by atoms with van der Waals surface area (Å²) in [6.07, 6.45) is 0.197. The Kier molecular flexibility index (Phi) is 5.15. The molecule has 2 aromatic heterocycles. The normalized spacial score (nSPS) is 10.5. The van der Waals surface area contributed by atoms with Crippen LogP contribution in [-0.2, 0) is 16.1 Å². The summed E-state index contributed by atoms with van der Waals surface area (Å²) < 4.78 is 6.25. The van der Waals surface area contributed by atoms with Gasteiger partial charge in [-0.2, -0.15) is 0 Å². The number of hydrogen-bond acceptors (Lipinski definition) is 6. The molecule has 2 aromatic rings. The number of aryl methyl sites for hydroxylation is 1. The predicted octanol–water partition coefficient (Wildman–Crippen LogP) is 2.40. The molecule has 0 spiro atoms. The molecule has 0 atom stereocenters. The Labute approximate surface area is 135 Å². The van der Waals surface area contributed by atoms with Gasteiger partial charge in [0.2, 0.25) is 5.91 Å². The highest BCUT2D eigenvalue weighted by Gasteiger charge is 2.16. The lowest BCUT2D eigenvalue weighted by atomic mass is 10.2. The number of esters is 1. The fourth-order valence-electron chi connectivity index (χ4n) is 1.93. The van der Waals surface area contributed by atoms with Gasteiger partial charge in [0.15, 0.2) is 0 Å². The molecule has 2 rings (SSSR count). The minimum Gasteiger partial charge on any atom is -0.465 e. The minimum atomic E-state index is -0.422. The van der Waals surface area contributed by atoms with E-state index in [4.69, 9.17) is 0 Å². The van der Waals surface area contributed by atoms with Crippen LogP contribution in [0.5, 0.6) is 0 Å². The Hall–Kier alpha value is -1.93. The van der Waals surface area contributed by atoms with E-state index in [1.807, 2.05) is 6.92 Å². The molecule has 0 bridgehead atoms. The van der Waals surface area contributed by atoms with E-state index in [9.17, 15) is 14.4 Å². The Morgan fingerprint density at radius 2 is 2.00 bits per heavy atom. The van der Waals surface area contributed by atoms with Crippen molar-refractivity contribution in [2.24, 2.45) is 0 Å². The lowest BCUT2D eigenvalue weighted by Crippen LogP contribution is -2.20. The maximum atomic E-state index is 12.0. The zero-order valence-corrected chi connectivity index (χ0v) is 14.1. The number of carbonyl (C=O) groups excluding carboxylic acids is 2. The van der Waals surface area contributed by atoms with Crippen molar-refractivity contribution >= 4 is 39.6 Å². The maximum Gasteiger partial charge on any atom is 0.339 e. The van der Waals surface area contributed by atoms with Crippen LogP contribution in [0.15, 0.2) is 15.6 Å². The molecule has 0 aromatic carbocycles. The van der Waals surface area contributed by atoms with E-state index in [-0.39, 0.29) is 17.2 Å². The van der Waals surface area contributed by atoms with Gasteiger partial charge in [-0.1, -0.05) is 11.3 Å². The standard InChI is InChI=1S/C14H16N2O4S2/c1-8-6-22-14(19)16(8)5-4-11(17)15-12-9(2)10(7-21-12)13(18)20-3/h6-7H,4-5H2,1-3H3,(H,15,17). The van der Waals surface area contributed by atoms with Crippen molar-refractivity contribution in [3.05, 3.63) is 37.2 Å². The van der Waals surface area contributed by atoms with Crippen molar-refractivity contribution in [2.45, 2.75) is 26.8 Å². The molecular formula is C14H16N2O4S2. The summed E-state index contributed by atoms with van der Waals surface area (Å²) in [5, 5.41) is 6.82. The number of nitrogens with one attached hydrogen (secondary N) is 1. The largest absolute Gasteiger partial charge is 0.465 e. The first-order valence-corrected chi connectivity index (χ1v) is 8.31. The van der Waals surface area contributed by atoms with E-state index in [0.717, 1.165) is 17.0 Å². The minimum absolute atomic E-state index is 0.0643. The highest BCUT2D eigenvalue weighted by atomic mass is 32.1. The summed E-state index contributed by atoms with van der Waals surface area (Å²) in [6, 6.07) is 0. The molecule has 0 aliphatic carbocycles. The van der Waals surface area contributed by atoms with Crippen LogP contribution >= 0.6 is 22.7 Å². The van der Waals surface area contributed by atoms with E-state index in [0.29, 0.717) is 22.7 Å². The van der Waals surface area contributed by atoms with Gasteiger partial charge in [0.1, 0.15) is 0 Å². The number of methoxy groups -OCH3 is 1. The van der Waals surface area contributed by atoms with Crippen LogP contribution in [0.4, 0.5) is 5.00 Å². The summed E-state index contributed by atoms with van der Waals surface area (Å²) in [7, 11) is 1.32. The molecule has 0 radical (unpaired) electrons. The third-order valence-electron chi connectivity index (χ3n) is 3.24. The van der Waals surface area contributed by atoms with Crippen LogP contribution in [0.2, 0.25) is 0 Å². The van der Waals surface area contributed by atoms with Crippen molar-refractivity contribution in [1.29, 1.82) is 0 Å². The van der Waals surface area contributed by atoms with Gasteiger partial charge < -0.3 is 14.6 Å². The van der Waals surface area contributed by atoms with Gasteiger partial charge in [-0.15, -0.1) is 11.3 Å². The van der Waals surface area contributed by atoms with Gasteiger partial charge in [-0.25, -0.2) is 4.79 Å². The second-order valence-electron chi connectivity index (χ2n) is 4.69. The summed E-state index contributed by atoms with van der Waals surface area (Å²) >= 11 is 2.40. The first-order chi connectivity index (χ1) is 10.4. The fourth-order valence-corrected chi connectivity index (χ4v) is 3.66. The molecule has 0 saturated carbocycles. The molecular weight excluding hydrogens is 324 g/mol. The SMILES string of the molecule is COC(=O)c1csc(NC(=O)CCn2c(C)csc2=O)c1C. The van der Waals surface area contributed by atoms with Gasteiger partial charge in [0, 0.05) is 29.4 Å². The molecule has 0 saturated heterocycles. The topological polar surface area (TPSA) is 77.4 Å². The number of rotatable bonds is 5. The zero-order valence-electron chi connectivity index (χ0n) is 12.5. The van der Waals surface area contributed by atoms with E-state index in [1.54, 1.807) is 22.3 Å². The lowest BCUT2D eigenvalue weighted by Gasteiger charge is -2.06. The van der Waals surface area contributed by atoms with E-state index < -0.39 is 5.97 Å². The molecule has 6 nitrogen and oxygen atoms in total. The van der Waals surface area contributed by atoms with Crippen molar-refractivity contribution in [1.82, 2.24) is 4.57 Å². The van der Waals surface area contributed by atoms with Crippen molar-refractivity contribution in [3.63, 3.8) is 0 Å². The molecule has 22 heavy (non-hydrogen) atoms. The summed E-state index contributed by atoms with van der Waals surface area (Å²) in [6.45, 7) is 3.93. The highest BCUT2D eigenvalue weighted by molar-refractivity contribution is 7.14. The number of thiazole rings is 1. The van der Waals surface area contributed by atoms with Gasteiger partial charge in [-0.05, 0) is 19.4 Å². The first-order valence-electron chi connectivity index (χ1n) is 6.55. The highest BCUT2D eigenvalue weighted by Crippen LogP contribution is 2.27. The number of anilines is 1. The molecule has 0 aliphatic heterocycles. The van der Waals surface area contributed by atoms with Gasteiger partial charge >= 0.3 is 10.8 Å². The smallest absolute Gasteiger partial charge is 0.339 e. The molecule has 0 aliphatic rings. The Balaban J connectivity index is 2.00. The molecule has 118 valence electrons. The summed E-state index contributed by atoms with van der Waals surface area (Å²) in [5.41, 5.74) is 1.99. The van der Waals surface area contributed by atoms with Gasteiger partial charge in [0.05, 0.1) is 17.7 Å². The Bertz CT molecular complexity index is 757. The third kappa shape index (κ3) is 3.45. The monoisotopic (exact) mass is 340 g/mol. The van der Waals surface area contributed by atoms with E-state index >= 15 is 0 Å². The maximum absolute atomic E-state index is 12.0. The zero-order chi connectivity index (χ0) is 16.3. The number of aromatic nitrogens is 1. The molecule has 1 N–H and O–H groups in total. The predicted molar refractivity (Wildman–Crippen MR) is 87.0 cm³/mol. The molecule has 8 heteroatoms. The van der Waals surface area contributed by atoms with Crippen molar-refractivity contribution in [2.75, 3.05) is 12.4 Å². The molecule has 0 unspecified atom stereocenters. The fraction of sp³-hybridized carbons (Fsp3) is 0.357. The van der Waals surface area contributed by atoms with Crippen molar-refractivity contribution in [3.8, 4) is 0 Å². The molecule has 1 amide bonds. The number of hydrogen-bond donors (Lipinski definition) is 1. The third-order valence-corrected chi connectivity index (χ3v) is 5.11. The molecule has 0 fully saturated rings. The number of thiophene rings is 1.